The predicted octanol–water partition coefficient (Wildman–Crippen LogP) is 2.76. The van der Waals surface area contributed by atoms with Gasteiger partial charge in [0, 0.05) is 0 Å². The number of sulfone groups is 1. The molecule has 25 heavy (non-hydrogen) atoms. The van der Waals surface area contributed by atoms with Gasteiger partial charge in [0.05, 0.1) is 22.8 Å². The molecule has 7 heteroatoms. The van der Waals surface area contributed by atoms with Crippen molar-refractivity contribution in [2.24, 2.45) is 5.92 Å². The van der Waals surface area contributed by atoms with Gasteiger partial charge in [-0.15, -0.1) is 0 Å². The first-order valence-corrected chi connectivity index (χ1v) is 10.0. The smallest absolute Gasteiger partial charge is 0.407 e. The molecule has 0 saturated heterocycles. The second-order valence-electron chi connectivity index (χ2n) is 7.54. The molecule has 142 valence electrons. The number of aliphatic hydroxyl groups excluding tert-OH is 1. The summed E-state index contributed by atoms with van der Waals surface area (Å²) < 4.78 is 30.1. The molecule has 0 aliphatic carbocycles. The average Bonchev–Trinajstić information content (AvgIpc) is 2.44. The molecule has 0 aliphatic heterocycles. The van der Waals surface area contributed by atoms with Crippen molar-refractivity contribution in [3.05, 3.63) is 30.3 Å². The van der Waals surface area contributed by atoms with E-state index in [2.05, 4.69) is 5.32 Å². The lowest BCUT2D eigenvalue weighted by Crippen LogP contribution is -2.48. The second-order valence-corrected chi connectivity index (χ2v) is 9.58. The van der Waals surface area contributed by atoms with E-state index in [-0.39, 0.29) is 10.8 Å². The fraction of sp³-hybridized carbons (Fsp3) is 0.611. The van der Waals surface area contributed by atoms with Gasteiger partial charge in [-0.2, -0.15) is 0 Å². The molecule has 1 aromatic carbocycles. The van der Waals surface area contributed by atoms with Gasteiger partial charge in [0.1, 0.15) is 5.60 Å². The fourth-order valence-corrected chi connectivity index (χ4v) is 3.79. The number of carbonyl (C=O) groups is 1. The van der Waals surface area contributed by atoms with Gasteiger partial charge in [-0.25, -0.2) is 13.2 Å². The Morgan fingerprint density at radius 3 is 2.24 bits per heavy atom. The Morgan fingerprint density at radius 1 is 1.20 bits per heavy atom. The number of alkyl carbamates (subject to hydrolysis) is 1. The molecule has 0 spiro atoms. The van der Waals surface area contributed by atoms with Crippen LogP contribution in [0, 0.1) is 5.92 Å². The Bertz CT molecular complexity index is 650. The van der Waals surface area contributed by atoms with E-state index in [1.807, 2.05) is 13.8 Å². The summed E-state index contributed by atoms with van der Waals surface area (Å²) >= 11 is 0. The number of ether oxygens (including phenoxy) is 1. The molecule has 2 N–H and O–H groups in total. The summed E-state index contributed by atoms with van der Waals surface area (Å²) in [7, 11) is -3.65. The number of hydrogen-bond donors (Lipinski definition) is 2. The van der Waals surface area contributed by atoms with Crippen molar-refractivity contribution in [1.82, 2.24) is 5.32 Å². The molecular formula is C18H29NO5S. The third-order valence-electron chi connectivity index (χ3n) is 3.38. The third-order valence-corrected chi connectivity index (χ3v) is 5.16. The summed E-state index contributed by atoms with van der Waals surface area (Å²) in [6, 6.07) is 7.24. The molecule has 1 amide bonds. The highest BCUT2D eigenvalue weighted by Crippen LogP contribution is 2.16. The minimum Gasteiger partial charge on any atom is -0.444 e. The van der Waals surface area contributed by atoms with Gasteiger partial charge in [0.25, 0.3) is 0 Å². The summed E-state index contributed by atoms with van der Waals surface area (Å²) in [5.41, 5.74) is -0.673. The van der Waals surface area contributed by atoms with E-state index < -0.39 is 39.4 Å². The highest BCUT2D eigenvalue weighted by Gasteiger charge is 2.29. The maximum absolute atomic E-state index is 12.4. The quantitative estimate of drug-likeness (QED) is 0.769. The summed E-state index contributed by atoms with van der Waals surface area (Å²) in [6.45, 7) is 9.07. The Labute approximate surface area is 150 Å². The van der Waals surface area contributed by atoms with E-state index in [0.29, 0.717) is 6.42 Å². The Hall–Kier alpha value is -1.60. The lowest BCUT2D eigenvalue weighted by Gasteiger charge is -2.27. The monoisotopic (exact) mass is 371 g/mol. The number of amides is 1. The number of rotatable bonds is 7. The van der Waals surface area contributed by atoms with Gasteiger partial charge in [0.15, 0.2) is 9.84 Å². The SMILES string of the molecule is CC(C)C[C@H](NC(=O)OC(C)(C)C)[C@H](O)CS(=O)(=O)c1ccccc1. The molecule has 0 fully saturated rings. The van der Waals surface area contributed by atoms with Crippen LogP contribution < -0.4 is 5.32 Å². The number of carbonyl (C=O) groups excluding carboxylic acids is 1. The summed E-state index contributed by atoms with van der Waals surface area (Å²) in [6.07, 6.45) is -1.47. The van der Waals surface area contributed by atoms with Crippen LogP contribution in [0.4, 0.5) is 4.79 Å². The normalized spacial score (nSPS) is 14.8. The zero-order valence-electron chi connectivity index (χ0n) is 15.5. The first-order valence-electron chi connectivity index (χ1n) is 8.36. The van der Waals surface area contributed by atoms with Crippen LogP contribution in [-0.4, -0.2) is 43.1 Å². The topological polar surface area (TPSA) is 92.7 Å². The first kappa shape index (κ1) is 21.4. The number of aliphatic hydroxyl groups is 1. The first-order chi connectivity index (χ1) is 11.4. The van der Waals surface area contributed by atoms with Crippen molar-refractivity contribution in [2.45, 2.75) is 63.7 Å². The minimum atomic E-state index is -3.65. The Morgan fingerprint density at radius 2 is 1.76 bits per heavy atom. The maximum atomic E-state index is 12.4. The van der Waals surface area contributed by atoms with E-state index in [4.69, 9.17) is 4.74 Å². The van der Waals surface area contributed by atoms with Crippen molar-refractivity contribution in [3.63, 3.8) is 0 Å². The van der Waals surface area contributed by atoms with Crippen LogP contribution in [0.5, 0.6) is 0 Å². The lowest BCUT2D eigenvalue weighted by molar-refractivity contribution is 0.0424. The van der Waals surface area contributed by atoms with Gasteiger partial charge in [0.2, 0.25) is 0 Å². The van der Waals surface area contributed by atoms with Crippen LogP contribution in [0.3, 0.4) is 0 Å². The highest BCUT2D eigenvalue weighted by molar-refractivity contribution is 7.91. The van der Waals surface area contributed by atoms with Gasteiger partial charge < -0.3 is 15.2 Å². The van der Waals surface area contributed by atoms with Crippen molar-refractivity contribution in [1.29, 1.82) is 0 Å². The Balaban J connectivity index is 2.86. The van der Waals surface area contributed by atoms with Crippen LogP contribution in [0.25, 0.3) is 0 Å². The van der Waals surface area contributed by atoms with Gasteiger partial charge in [-0.1, -0.05) is 32.0 Å². The number of nitrogens with one attached hydrogen (secondary N) is 1. The van der Waals surface area contributed by atoms with Crippen LogP contribution in [0.15, 0.2) is 35.2 Å². The third kappa shape index (κ3) is 7.88. The highest BCUT2D eigenvalue weighted by atomic mass is 32.2. The average molecular weight is 371 g/mol. The number of hydrogen-bond acceptors (Lipinski definition) is 5. The zero-order valence-corrected chi connectivity index (χ0v) is 16.3. The molecular weight excluding hydrogens is 342 g/mol. The standard InChI is InChI=1S/C18H29NO5S/c1-13(2)11-15(19-17(21)24-18(3,4)5)16(20)12-25(22,23)14-9-7-6-8-10-14/h6-10,13,15-16,20H,11-12H2,1-5H3,(H,19,21)/t15-,16+/m0/s1. The largest absolute Gasteiger partial charge is 0.444 e. The number of benzene rings is 1. The molecule has 1 rings (SSSR count). The van der Waals surface area contributed by atoms with Crippen LogP contribution >= 0.6 is 0 Å². The zero-order chi connectivity index (χ0) is 19.3. The molecule has 0 aromatic heterocycles. The van der Waals surface area contributed by atoms with E-state index in [1.54, 1.807) is 39.0 Å². The second kappa shape index (κ2) is 8.67. The summed E-state index contributed by atoms with van der Waals surface area (Å²) in [5.74, 6) is -0.307. The van der Waals surface area contributed by atoms with Crippen molar-refractivity contribution in [3.8, 4) is 0 Å². The summed E-state index contributed by atoms with van der Waals surface area (Å²) in [5, 5.41) is 13.1. The van der Waals surface area contributed by atoms with Crippen LogP contribution in [0.2, 0.25) is 0 Å². The van der Waals surface area contributed by atoms with Gasteiger partial charge in [-0.05, 0) is 45.2 Å². The van der Waals surface area contributed by atoms with Crippen molar-refractivity contribution >= 4 is 15.9 Å². The molecule has 0 radical (unpaired) electrons. The maximum Gasteiger partial charge on any atom is 0.407 e. The fourth-order valence-electron chi connectivity index (χ4n) is 2.34. The van der Waals surface area contributed by atoms with E-state index >= 15 is 0 Å². The van der Waals surface area contributed by atoms with E-state index in [1.165, 1.54) is 12.1 Å². The lowest BCUT2D eigenvalue weighted by atomic mass is 10.0. The summed E-state index contributed by atoms with van der Waals surface area (Å²) in [4.78, 5) is 12.1. The minimum absolute atomic E-state index is 0.148. The van der Waals surface area contributed by atoms with Gasteiger partial charge in [-0.3, -0.25) is 0 Å². The van der Waals surface area contributed by atoms with Gasteiger partial charge >= 0.3 is 6.09 Å². The molecule has 0 bridgehead atoms. The van der Waals surface area contributed by atoms with E-state index in [9.17, 15) is 18.3 Å². The Kier molecular flexibility index (Phi) is 7.44. The molecule has 1 aromatic rings. The van der Waals surface area contributed by atoms with Crippen molar-refractivity contribution in [2.75, 3.05) is 5.75 Å². The molecule has 0 aliphatic rings. The van der Waals surface area contributed by atoms with Crippen LogP contribution in [-0.2, 0) is 14.6 Å². The molecule has 0 unspecified atom stereocenters. The molecule has 2 atom stereocenters. The van der Waals surface area contributed by atoms with Crippen molar-refractivity contribution < 1.29 is 23.1 Å². The van der Waals surface area contributed by atoms with Crippen LogP contribution in [0.1, 0.15) is 41.0 Å². The van der Waals surface area contributed by atoms with E-state index in [0.717, 1.165) is 0 Å². The molecule has 0 heterocycles. The molecule has 0 saturated carbocycles. The molecule has 6 nitrogen and oxygen atoms in total. The predicted molar refractivity (Wildman–Crippen MR) is 97.1 cm³/mol.